The second kappa shape index (κ2) is 4.45. The van der Waals surface area contributed by atoms with Crippen molar-refractivity contribution in [3.05, 3.63) is 0 Å². The van der Waals surface area contributed by atoms with Crippen molar-refractivity contribution in [2.75, 3.05) is 13.7 Å². The van der Waals surface area contributed by atoms with Crippen molar-refractivity contribution in [3.8, 4) is 0 Å². The Morgan fingerprint density at radius 1 is 1.58 bits per heavy atom. The second-order valence-corrected chi connectivity index (χ2v) is 3.42. The predicted octanol–water partition coefficient (Wildman–Crippen LogP) is 1.52. The van der Waals surface area contributed by atoms with Crippen LogP contribution in [-0.2, 0) is 9.53 Å². The lowest BCUT2D eigenvalue weighted by Gasteiger charge is -2.33. The lowest BCUT2D eigenvalue weighted by Crippen LogP contribution is -2.32. The zero-order valence-corrected chi connectivity index (χ0v) is 7.45. The van der Waals surface area contributed by atoms with Crippen LogP contribution in [-0.4, -0.2) is 24.8 Å². The number of ether oxygens (including phenoxy) is 1. The SMILES string of the molecule is COCCCC1CCC1C(=O)O. The fourth-order valence-corrected chi connectivity index (χ4v) is 1.73. The van der Waals surface area contributed by atoms with Gasteiger partial charge in [0.15, 0.2) is 0 Å². The number of carbonyl (C=O) groups is 1. The lowest BCUT2D eigenvalue weighted by atomic mass is 9.71. The molecule has 0 radical (unpaired) electrons. The normalized spacial score (nSPS) is 28.1. The summed E-state index contributed by atoms with van der Waals surface area (Å²) < 4.78 is 4.91. The largest absolute Gasteiger partial charge is 0.481 e. The van der Waals surface area contributed by atoms with Gasteiger partial charge in [-0.05, 0) is 31.6 Å². The molecular weight excluding hydrogens is 156 g/mol. The number of aliphatic carboxylic acids is 1. The van der Waals surface area contributed by atoms with Crippen molar-refractivity contribution in [3.63, 3.8) is 0 Å². The van der Waals surface area contributed by atoms with E-state index >= 15 is 0 Å². The van der Waals surface area contributed by atoms with Crippen LogP contribution in [0.25, 0.3) is 0 Å². The highest BCUT2D eigenvalue weighted by atomic mass is 16.5. The molecule has 0 spiro atoms. The summed E-state index contributed by atoms with van der Waals surface area (Å²) in [6.07, 6.45) is 3.95. The van der Waals surface area contributed by atoms with Crippen LogP contribution in [0, 0.1) is 11.8 Å². The first-order valence-electron chi connectivity index (χ1n) is 4.47. The minimum absolute atomic E-state index is 0.0677. The molecule has 1 saturated carbocycles. The van der Waals surface area contributed by atoms with E-state index in [2.05, 4.69) is 0 Å². The first-order valence-corrected chi connectivity index (χ1v) is 4.47. The van der Waals surface area contributed by atoms with Gasteiger partial charge >= 0.3 is 5.97 Å². The van der Waals surface area contributed by atoms with E-state index in [4.69, 9.17) is 9.84 Å². The molecule has 3 heteroatoms. The minimum Gasteiger partial charge on any atom is -0.481 e. The van der Waals surface area contributed by atoms with Crippen LogP contribution >= 0.6 is 0 Å². The molecular formula is C9H16O3. The van der Waals surface area contributed by atoms with Gasteiger partial charge < -0.3 is 9.84 Å². The van der Waals surface area contributed by atoms with E-state index in [1.807, 2.05) is 0 Å². The summed E-state index contributed by atoms with van der Waals surface area (Å²) in [7, 11) is 1.68. The number of hydrogen-bond acceptors (Lipinski definition) is 2. The average molecular weight is 172 g/mol. The lowest BCUT2D eigenvalue weighted by molar-refractivity contribution is -0.148. The summed E-state index contributed by atoms with van der Waals surface area (Å²) in [5, 5.41) is 8.73. The smallest absolute Gasteiger partial charge is 0.306 e. The maximum Gasteiger partial charge on any atom is 0.306 e. The predicted molar refractivity (Wildman–Crippen MR) is 45.0 cm³/mol. The fraction of sp³-hybridized carbons (Fsp3) is 0.889. The fourth-order valence-electron chi connectivity index (χ4n) is 1.73. The van der Waals surface area contributed by atoms with Gasteiger partial charge in [-0.3, -0.25) is 4.79 Å². The third-order valence-corrected chi connectivity index (χ3v) is 2.66. The highest BCUT2D eigenvalue weighted by molar-refractivity contribution is 5.71. The maximum absolute atomic E-state index is 10.6. The Morgan fingerprint density at radius 3 is 2.75 bits per heavy atom. The summed E-state index contributed by atoms with van der Waals surface area (Å²) in [6, 6.07) is 0. The third-order valence-electron chi connectivity index (χ3n) is 2.66. The summed E-state index contributed by atoms with van der Waals surface area (Å²) in [4.78, 5) is 10.6. The molecule has 1 N–H and O–H groups in total. The summed E-state index contributed by atoms with van der Waals surface area (Å²) >= 11 is 0. The van der Waals surface area contributed by atoms with Crippen molar-refractivity contribution >= 4 is 5.97 Å². The summed E-state index contributed by atoms with van der Waals surface area (Å²) in [5.41, 5.74) is 0. The molecule has 0 bridgehead atoms. The van der Waals surface area contributed by atoms with E-state index < -0.39 is 5.97 Å². The molecule has 1 aliphatic carbocycles. The van der Waals surface area contributed by atoms with Gasteiger partial charge in [-0.25, -0.2) is 0 Å². The number of carboxylic acids is 1. The zero-order chi connectivity index (χ0) is 8.97. The van der Waals surface area contributed by atoms with Crippen LogP contribution in [0.2, 0.25) is 0 Å². The van der Waals surface area contributed by atoms with Crippen molar-refractivity contribution in [1.82, 2.24) is 0 Å². The Kier molecular flexibility index (Phi) is 3.53. The van der Waals surface area contributed by atoms with Gasteiger partial charge in [-0.15, -0.1) is 0 Å². The zero-order valence-electron chi connectivity index (χ0n) is 7.45. The molecule has 0 aromatic carbocycles. The van der Waals surface area contributed by atoms with Crippen LogP contribution in [0.3, 0.4) is 0 Å². The van der Waals surface area contributed by atoms with E-state index in [1.54, 1.807) is 7.11 Å². The van der Waals surface area contributed by atoms with Gasteiger partial charge in [0, 0.05) is 13.7 Å². The van der Waals surface area contributed by atoms with Gasteiger partial charge in [0.25, 0.3) is 0 Å². The molecule has 0 amide bonds. The van der Waals surface area contributed by atoms with Crippen LogP contribution in [0.5, 0.6) is 0 Å². The topological polar surface area (TPSA) is 46.5 Å². The number of rotatable bonds is 5. The second-order valence-electron chi connectivity index (χ2n) is 3.42. The molecule has 0 saturated heterocycles. The van der Waals surface area contributed by atoms with Crippen LogP contribution in [0.1, 0.15) is 25.7 Å². The van der Waals surface area contributed by atoms with Crippen LogP contribution in [0.4, 0.5) is 0 Å². The monoisotopic (exact) mass is 172 g/mol. The Hall–Kier alpha value is -0.570. The van der Waals surface area contributed by atoms with E-state index in [9.17, 15) is 4.79 Å². The Balaban J connectivity index is 2.12. The molecule has 0 aromatic rings. The van der Waals surface area contributed by atoms with Gasteiger partial charge in [0.1, 0.15) is 0 Å². The molecule has 1 fully saturated rings. The van der Waals surface area contributed by atoms with Crippen molar-refractivity contribution in [1.29, 1.82) is 0 Å². The van der Waals surface area contributed by atoms with Crippen LogP contribution in [0.15, 0.2) is 0 Å². The van der Waals surface area contributed by atoms with E-state index in [1.165, 1.54) is 0 Å². The van der Waals surface area contributed by atoms with E-state index in [0.29, 0.717) is 5.92 Å². The van der Waals surface area contributed by atoms with Gasteiger partial charge in [0.05, 0.1) is 5.92 Å². The maximum atomic E-state index is 10.6. The molecule has 1 rings (SSSR count). The van der Waals surface area contributed by atoms with Crippen molar-refractivity contribution in [2.45, 2.75) is 25.7 Å². The van der Waals surface area contributed by atoms with E-state index in [-0.39, 0.29) is 5.92 Å². The number of methoxy groups -OCH3 is 1. The first-order chi connectivity index (χ1) is 5.75. The Bertz CT molecular complexity index is 156. The molecule has 0 heterocycles. The van der Waals surface area contributed by atoms with Gasteiger partial charge in [-0.1, -0.05) is 0 Å². The molecule has 1 aliphatic rings. The highest BCUT2D eigenvalue weighted by Crippen LogP contribution is 2.37. The highest BCUT2D eigenvalue weighted by Gasteiger charge is 2.35. The Morgan fingerprint density at radius 2 is 2.33 bits per heavy atom. The number of carboxylic acid groups (broad SMARTS) is 1. The van der Waals surface area contributed by atoms with Crippen molar-refractivity contribution < 1.29 is 14.6 Å². The number of hydrogen-bond donors (Lipinski definition) is 1. The molecule has 0 aliphatic heterocycles. The summed E-state index contributed by atoms with van der Waals surface area (Å²) in [6.45, 7) is 0.753. The van der Waals surface area contributed by atoms with E-state index in [0.717, 1.165) is 32.3 Å². The molecule has 2 unspecified atom stereocenters. The standard InChI is InChI=1S/C9H16O3/c1-12-6-2-3-7-4-5-8(7)9(10)11/h7-8H,2-6H2,1H3,(H,10,11). The molecule has 3 nitrogen and oxygen atoms in total. The van der Waals surface area contributed by atoms with Crippen molar-refractivity contribution in [2.24, 2.45) is 11.8 Å². The first kappa shape index (κ1) is 9.52. The van der Waals surface area contributed by atoms with Gasteiger partial charge in [0.2, 0.25) is 0 Å². The molecule has 70 valence electrons. The quantitative estimate of drug-likeness (QED) is 0.639. The summed E-state index contributed by atoms with van der Waals surface area (Å²) in [5.74, 6) is -0.275. The van der Waals surface area contributed by atoms with Gasteiger partial charge in [-0.2, -0.15) is 0 Å². The van der Waals surface area contributed by atoms with Crippen LogP contribution < -0.4 is 0 Å². The average Bonchev–Trinajstić information content (AvgIpc) is 1.94. The Labute approximate surface area is 72.7 Å². The molecule has 12 heavy (non-hydrogen) atoms. The molecule has 2 atom stereocenters. The molecule has 0 aromatic heterocycles. The minimum atomic E-state index is -0.622. The third kappa shape index (κ3) is 2.21.